The molecule has 1 unspecified atom stereocenters. The fourth-order valence-corrected chi connectivity index (χ4v) is 3.97. The van der Waals surface area contributed by atoms with Gasteiger partial charge in [0.2, 0.25) is 0 Å². The Hall–Kier alpha value is -0.300. The minimum atomic E-state index is 0.441. The van der Waals surface area contributed by atoms with E-state index in [9.17, 15) is 0 Å². The normalized spacial score (nSPS) is 21.2. The summed E-state index contributed by atoms with van der Waals surface area (Å²) in [6.45, 7) is 6.87. The van der Waals surface area contributed by atoms with E-state index < -0.39 is 0 Å². The molecule has 17 heavy (non-hydrogen) atoms. The standard InChI is InChI=1S/C16H23Br/c1-12-7-8-13(2)14(11-12)15(17)16(3)9-5-4-6-10-16/h7-8,11,15H,4-6,9-10H2,1-3H3. The molecule has 0 spiro atoms. The second-order valence-corrected chi connectivity index (χ2v) is 6.85. The molecule has 94 valence electrons. The molecule has 1 heteroatoms. The smallest absolute Gasteiger partial charge is 0.0451 e. The number of aryl methyl sites for hydroxylation is 2. The molecule has 1 aromatic carbocycles. The van der Waals surface area contributed by atoms with Crippen molar-refractivity contribution in [1.29, 1.82) is 0 Å². The Labute approximate surface area is 114 Å². The van der Waals surface area contributed by atoms with Gasteiger partial charge in [-0.05, 0) is 43.2 Å². The summed E-state index contributed by atoms with van der Waals surface area (Å²) in [5, 5.41) is 0. The Morgan fingerprint density at radius 2 is 1.76 bits per heavy atom. The van der Waals surface area contributed by atoms with Crippen molar-refractivity contribution in [2.24, 2.45) is 5.41 Å². The van der Waals surface area contributed by atoms with Gasteiger partial charge in [-0.2, -0.15) is 0 Å². The highest BCUT2D eigenvalue weighted by Gasteiger charge is 2.35. The fourth-order valence-electron chi connectivity index (χ4n) is 3.02. The van der Waals surface area contributed by atoms with Crippen LogP contribution in [-0.4, -0.2) is 0 Å². The van der Waals surface area contributed by atoms with E-state index in [1.807, 2.05) is 0 Å². The zero-order valence-corrected chi connectivity index (χ0v) is 12.8. The summed E-state index contributed by atoms with van der Waals surface area (Å²) in [5.41, 5.74) is 4.73. The van der Waals surface area contributed by atoms with Gasteiger partial charge in [-0.1, -0.05) is 65.9 Å². The summed E-state index contributed by atoms with van der Waals surface area (Å²) < 4.78 is 0. The van der Waals surface area contributed by atoms with Gasteiger partial charge >= 0.3 is 0 Å². The van der Waals surface area contributed by atoms with Crippen molar-refractivity contribution < 1.29 is 0 Å². The molecule has 0 heterocycles. The van der Waals surface area contributed by atoms with E-state index in [0.717, 1.165) is 0 Å². The van der Waals surface area contributed by atoms with Crippen LogP contribution >= 0.6 is 15.9 Å². The van der Waals surface area contributed by atoms with E-state index in [2.05, 4.69) is 54.9 Å². The Bertz CT molecular complexity index is 389. The molecule has 1 aromatic rings. The fraction of sp³-hybridized carbons (Fsp3) is 0.625. The van der Waals surface area contributed by atoms with Crippen LogP contribution in [0, 0.1) is 19.3 Å². The van der Waals surface area contributed by atoms with Crippen molar-refractivity contribution in [3.63, 3.8) is 0 Å². The molecule has 1 saturated carbocycles. The molecule has 1 atom stereocenters. The van der Waals surface area contributed by atoms with Crippen LogP contribution < -0.4 is 0 Å². The van der Waals surface area contributed by atoms with Crippen LogP contribution in [0.15, 0.2) is 18.2 Å². The maximum absolute atomic E-state index is 3.99. The second-order valence-electron chi connectivity index (χ2n) is 5.94. The SMILES string of the molecule is Cc1ccc(C)c(C(Br)C2(C)CCCCC2)c1. The van der Waals surface area contributed by atoms with E-state index in [1.165, 1.54) is 48.8 Å². The Morgan fingerprint density at radius 1 is 1.12 bits per heavy atom. The van der Waals surface area contributed by atoms with Crippen LogP contribution in [0.5, 0.6) is 0 Å². The van der Waals surface area contributed by atoms with Crippen LogP contribution in [0.2, 0.25) is 0 Å². The van der Waals surface area contributed by atoms with Crippen LogP contribution in [0.3, 0.4) is 0 Å². The minimum absolute atomic E-state index is 0.441. The van der Waals surface area contributed by atoms with Crippen molar-refractivity contribution in [2.75, 3.05) is 0 Å². The van der Waals surface area contributed by atoms with Crippen molar-refractivity contribution in [2.45, 2.75) is 57.7 Å². The van der Waals surface area contributed by atoms with E-state index in [-0.39, 0.29) is 0 Å². The summed E-state index contributed by atoms with van der Waals surface area (Å²) in [6, 6.07) is 6.82. The summed E-state index contributed by atoms with van der Waals surface area (Å²) in [5.74, 6) is 0. The highest BCUT2D eigenvalue weighted by molar-refractivity contribution is 9.09. The van der Waals surface area contributed by atoms with Gasteiger partial charge in [-0.3, -0.25) is 0 Å². The number of rotatable bonds is 2. The average Bonchev–Trinajstić information content (AvgIpc) is 2.32. The largest absolute Gasteiger partial charge is 0.0833 e. The van der Waals surface area contributed by atoms with Crippen LogP contribution in [0.25, 0.3) is 0 Å². The monoisotopic (exact) mass is 294 g/mol. The van der Waals surface area contributed by atoms with Gasteiger partial charge in [0, 0.05) is 4.83 Å². The summed E-state index contributed by atoms with van der Waals surface area (Å²) in [7, 11) is 0. The highest BCUT2D eigenvalue weighted by atomic mass is 79.9. The first-order chi connectivity index (χ1) is 8.03. The lowest BCUT2D eigenvalue weighted by atomic mass is 9.71. The molecular weight excluding hydrogens is 272 g/mol. The van der Waals surface area contributed by atoms with Crippen LogP contribution in [0.1, 0.15) is 60.5 Å². The Balaban J connectivity index is 2.29. The van der Waals surface area contributed by atoms with Crippen molar-refractivity contribution in [1.82, 2.24) is 0 Å². The molecule has 1 fully saturated rings. The lowest BCUT2D eigenvalue weighted by Gasteiger charge is -2.38. The van der Waals surface area contributed by atoms with Gasteiger partial charge in [-0.15, -0.1) is 0 Å². The molecule has 0 bridgehead atoms. The van der Waals surface area contributed by atoms with Crippen molar-refractivity contribution in [3.05, 3.63) is 34.9 Å². The predicted octanol–water partition coefficient (Wildman–Crippen LogP) is 5.71. The first kappa shape index (κ1) is 13.1. The maximum atomic E-state index is 3.99. The van der Waals surface area contributed by atoms with Crippen LogP contribution in [0.4, 0.5) is 0 Å². The second kappa shape index (κ2) is 5.14. The first-order valence-electron chi connectivity index (χ1n) is 6.74. The molecule has 0 aliphatic heterocycles. The molecule has 0 nitrogen and oxygen atoms in total. The highest BCUT2D eigenvalue weighted by Crippen LogP contribution is 2.50. The van der Waals surface area contributed by atoms with E-state index in [0.29, 0.717) is 10.2 Å². The number of alkyl halides is 1. The summed E-state index contributed by atoms with van der Waals surface area (Å²) in [4.78, 5) is 0.509. The lowest BCUT2D eigenvalue weighted by Crippen LogP contribution is -2.25. The van der Waals surface area contributed by atoms with Gasteiger partial charge in [0.25, 0.3) is 0 Å². The Kier molecular flexibility index (Phi) is 3.97. The van der Waals surface area contributed by atoms with Gasteiger partial charge in [0.05, 0.1) is 0 Å². The maximum Gasteiger partial charge on any atom is 0.0451 e. The molecule has 1 aliphatic rings. The van der Waals surface area contributed by atoms with Gasteiger partial charge in [-0.25, -0.2) is 0 Å². The molecule has 0 aromatic heterocycles. The molecule has 0 saturated heterocycles. The van der Waals surface area contributed by atoms with Crippen molar-refractivity contribution >= 4 is 15.9 Å². The van der Waals surface area contributed by atoms with E-state index in [4.69, 9.17) is 0 Å². The third-order valence-corrected chi connectivity index (χ3v) is 5.91. The average molecular weight is 295 g/mol. The predicted molar refractivity (Wildman–Crippen MR) is 78.8 cm³/mol. The minimum Gasteiger partial charge on any atom is -0.0833 e. The number of hydrogen-bond donors (Lipinski definition) is 0. The molecule has 1 aliphatic carbocycles. The first-order valence-corrected chi connectivity index (χ1v) is 7.66. The molecule has 0 N–H and O–H groups in total. The third kappa shape index (κ3) is 2.76. The topological polar surface area (TPSA) is 0 Å². The molecule has 0 radical (unpaired) electrons. The number of halogens is 1. The van der Waals surface area contributed by atoms with Gasteiger partial charge in [0.1, 0.15) is 0 Å². The summed E-state index contributed by atoms with van der Waals surface area (Å²) >= 11 is 3.99. The molecular formula is C16H23Br. The number of hydrogen-bond acceptors (Lipinski definition) is 0. The van der Waals surface area contributed by atoms with E-state index >= 15 is 0 Å². The lowest BCUT2D eigenvalue weighted by molar-refractivity contribution is 0.212. The van der Waals surface area contributed by atoms with Gasteiger partial charge in [0.15, 0.2) is 0 Å². The van der Waals surface area contributed by atoms with Gasteiger partial charge < -0.3 is 0 Å². The summed E-state index contributed by atoms with van der Waals surface area (Å²) in [6.07, 6.45) is 6.92. The third-order valence-electron chi connectivity index (χ3n) is 4.32. The Morgan fingerprint density at radius 3 is 2.41 bits per heavy atom. The van der Waals surface area contributed by atoms with Crippen LogP contribution in [-0.2, 0) is 0 Å². The van der Waals surface area contributed by atoms with Crippen molar-refractivity contribution in [3.8, 4) is 0 Å². The quantitative estimate of drug-likeness (QED) is 0.613. The number of benzene rings is 1. The molecule has 0 amide bonds. The molecule has 2 rings (SSSR count). The van der Waals surface area contributed by atoms with E-state index in [1.54, 1.807) is 0 Å². The zero-order chi connectivity index (χ0) is 12.5. The zero-order valence-electron chi connectivity index (χ0n) is 11.2.